The van der Waals surface area contributed by atoms with Crippen LogP contribution in [0.3, 0.4) is 0 Å². The predicted octanol–water partition coefficient (Wildman–Crippen LogP) is 3.19. The average molecular weight is 326 g/mol. The summed E-state index contributed by atoms with van der Waals surface area (Å²) >= 11 is 0. The second-order valence-electron chi connectivity index (χ2n) is 7.09. The van der Waals surface area contributed by atoms with Crippen molar-refractivity contribution < 1.29 is 9.32 Å². The molecule has 1 aliphatic heterocycles. The van der Waals surface area contributed by atoms with Crippen molar-refractivity contribution >= 4 is 5.91 Å². The summed E-state index contributed by atoms with van der Waals surface area (Å²) in [7, 11) is 0. The number of rotatable bonds is 3. The highest BCUT2D eigenvalue weighted by molar-refractivity contribution is 5.94. The monoisotopic (exact) mass is 326 g/mol. The number of carbonyl (C=O) groups excluding carboxylic acids is 1. The maximum Gasteiger partial charge on any atom is 0.273 e. The van der Waals surface area contributed by atoms with E-state index in [2.05, 4.69) is 15.1 Å². The molecule has 2 aliphatic rings. The molecule has 1 atom stereocenters. The van der Waals surface area contributed by atoms with Crippen molar-refractivity contribution in [2.75, 3.05) is 6.54 Å². The molecule has 1 unspecified atom stereocenters. The van der Waals surface area contributed by atoms with E-state index < -0.39 is 5.54 Å². The van der Waals surface area contributed by atoms with Crippen LogP contribution in [0, 0.1) is 6.92 Å². The summed E-state index contributed by atoms with van der Waals surface area (Å²) < 4.78 is 5.45. The molecular weight excluding hydrogens is 304 g/mol. The molecule has 0 N–H and O–H groups in total. The number of hydrogen-bond donors (Lipinski definition) is 0. The van der Waals surface area contributed by atoms with Crippen LogP contribution in [0.25, 0.3) is 0 Å². The molecule has 24 heavy (non-hydrogen) atoms. The molecule has 0 bridgehead atoms. The normalized spacial score (nSPS) is 24.2. The Balaban J connectivity index is 1.69. The van der Waals surface area contributed by atoms with Crippen LogP contribution in [0.5, 0.6) is 0 Å². The maximum absolute atomic E-state index is 13.1. The largest absolute Gasteiger partial charge is 0.339 e. The average Bonchev–Trinajstić information content (AvgIpc) is 3.31. The Morgan fingerprint density at radius 3 is 2.96 bits per heavy atom. The molecule has 2 aromatic heterocycles. The Morgan fingerprint density at radius 2 is 2.21 bits per heavy atom. The number of aromatic nitrogens is 3. The summed E-state index contributed by atoms with van der Waals surface area (Å²) in [6.45, 7) is 4.66. The number of piperidine rings is 1. The lowest BCUT2D eigenvalue weighted by atomic mass is 9.87. The molecule has 0 spiro atoms. The van der Waals surface area contributed by atoms with E-state index in [1.165, 1.54) is 0 Å². The molecule has 0 aromatic carbocycles. The fourth-order valence-corrected chi connectivity index (χ4v) is 3.47. The van der Waals surface area contributed by atoms with E-state index in [1.807, 2.05) is 30.9 Å². The third-order valence-corrected chi connectivity index (χ3v) is 5.20. The number of pyridine rings is 1. The van der Waals surface area contributed by atoms with Crippen LogP contribution >= 0.6 is 0 Å². The molecule has 0 radical (unpaired) electrons. The lowest BCUT2D eigenvalue weighted by Crippen LogP contribution is -2.51. The Hall–Kier alpha value is -2.24. The summed E-state index contributed by atoms with van der Waals surface area (Å²) in [5.74, 6) is 1.72. The van der Waals surface area contributed by atoms with Gasteiger partial charge >= 0.3 is 0 Å². The van der Waals surface area contributed by atoms with Crippen molar-refractivity contribution in [1.82, 2.24) is 20.0 Å². The van der Waals surface area contributed by atoms with Gasteiger partial charge in [-0.15, -0.1) is 0 Å². The van der Waals surface area contributed by atoms with Crippen LogP contribution in [0.2, 0.25) is 0 Å². The molecule has 2 fully saturated rings. The Kier molecular flexibility index (Phi) is 3.62. The van der Waals surface area contributed by atoms with E-state index in [4.69, 9.17) is 4.52 Å². The Bertz CT molecular complexity index is 768. The fraction of sp³-hybridized carbons (Fsp3) is 0.556. The number of hydrogen-bond acceptors (Lipinski definition) is 5. The van der Waals surface area contributed by atoms with E-state index in [0.717, 1.165) is 43.6 Å². The second kappa shape index (κ2) is 5.69. The minimum absolute atomic E-state index is 0.0481. The zero-order chi connectivity index (χ0) is 16.7. The third-order valence-electron chi connectivity index (χ3n) is 5.20. The number of nitrogens with zero attached hydrogens (tertiary/aromatic N) is 4. The number of aryl methyl sites for hydroxylation is 1. The summed E-state index contributed by atoms with van der Waals surface area (Å²) in [6.07, 6.45) is 6.78. The molecular formula is C18H22N4O2. The molecule has 4 rings (SSSR count). The Morgan fingerprint density at radius 1 is 1.38 bits per heavy atom. The van der Waals surface area contributed by atoms with Gasteiger partial charge in [0.1, 0.15) is 11.2 Å². The van der Waals surface area contributed by atoms with Crippen LogP contribution in [-0.2, 0) is 5.54 Å². The fourth-order valence-electron chi connectivity index (χ4n) is 3.47. The van der Waals surface area contributed by atoms with Crippen LogP contribution in [0.4, 0.5) is 0 Å². The van der Waals surface area contributed by atoms with E-state index >= 15 is 0 Å². The summed E-state index contributed by atoms with van der Waals surface area (Å²) in [6, 6.07) is 3.77. The smallest absolute Gasteiger partial charge is 0.273 e. The second-order valence-corrected chi connectivity index (χ2v) is 7.09. The first kappa shape index (κ1) is 15.3. The molecule has 6 nitrogen and oxygen atoms in total. The van der Waals surface area contributed by atoms with Crippen LogP contribution < -0.4 is 0 Å². The topological polar surface area (TPSA) is 72.1 Å². The number of amides is 1. The van der Waals surface area contributed by atoms with Gasteiger partial charge in [0.05, 0.1) is 0 Å². The van der Waals surface area contributed by atoms with Gasteiger partial charge in [0, 0.05) is 18.7 Å². The van der Waals surface area contributed by atoms with E-state index in [0.29, 0.717) is 24.0 Å². The van der Waals surface area contributed by atoms with Gasteiger partial charge in [-0.05, 0) is 57.6 Å². The Labute approximate surface area is 141 Å². The van der Waals surface area contributed by atoms with Gasteiger partial charge in [-0.2, -0.15) is 4.98 Å². The molecule has 1 saturated carbocycles. The van der Waals surface area contributed by atoms with Crippen molar-refractivity contribution in [3.63, 3.8) is 0 Å². The molecule has 1 saturated heterocycles. The summed E-state index contributed by atoms with van der Waals surface area (Å²) in [5, 5.41) is 4.22. The zero-order valence-electron chi connectivity index (χ0n) is 14.2. The van der Waals surface area contributed by atoms with Gasteiger partial charge in [-0.3, -0.25) is 9.78 Å². The van der Waals surface area contributed by atoms with E-state index in [9.17, 15) is 4.79 Å². The first-order chi connectivity index (χ1) is 11.6. The maximum atomic E-state index is 13.1. The molecule has 1 aliphatic carbocycles. The van der Waals surface area contributed by atoms with Crippen molar-refractivity contribution in [2.24, 2.45) is 0 Å². The quantitative estimate of drug-likeness (QED) is 0.866. The standard InChI is InChI=1S/C18H22N4O2/c1-12-6-5-10-19-14(12)16(23)22-11-4-3-9-18(22,2)17-20-15(24-21-17)13-7-8-13/h5-6,10,13H,3-4,7-9,11H2,1-2H3. The molecule has 6 heteroatoms. The minimum Gasteiger partial charge on any atom is -0.339 e. The van der Waals surface area contributed by atoms with E-state index in [1.54, 1.807) is 6.20 Å². The highest BCUT2D eigenvalue weighted by Crippen LogP contribution is 2.42. The first-order valence-corrected chi connectivity index (χ1v) is 8.67. The van der Waals surface area contributed by atoms with Crippen molar-refractivity contribution in [1.29, 1.82) is 0 Å². The lowest BCUT2D eigenvalue weighted by Gasteiger charge is -2.42. The van der Waals surface area contributed by atoms with Crippen molar-refractivity contribution in [3.05, 3.63) is 41.3 Å². The van der Waals surface area contributed by atoms with Crippen LogP contribution in [-0.4, -0.2) is 32.5 Å². The highest BCUT2D eigenvalue weighted by atomic mass is 16.5. The number of carbonyl (C=O) groups is 1. The summed E-state index contributed by atoms with van der Waals surface area (Å²) in [4.78, 5) is 23.9. The van der Waals surface area contributed by atoms with Gasteiger partial charge in [0.2, 0.25) is 5.89 Å². The molecule has 2 aromatic rings. The minimum atomic E-state index is -0.532. The summed E-state index contributed by atoms with van der Waals surface area (Å²) in [5.41, 5.74) is 0.870. The third kappa shape index (κ3) is 2.50. The van der Waals surface area contributed by atoms with Gasteiger partial charge in [-0.1, -0.05) is 11.2 Å². The van der Waals surface area contributed by atoms with E-state index in [-0.39, 0.29) is 5.91 Å². The van der Waals surface area contributed by atoms with Crippen molar-refractivity contribution in [3.8, 4) is 0 Å². The highest BCUT2D eigenvalue weighted by Gasteiger charge is 2.44. The number of likely N-dealkylation sites (tertiary alicyclic amines) is 1. The van der Waals surface area contributed by atoms with Gasteiger partial charge in [-0.25, -0.2) is 0 Å². The van der Waals surface area contributed by atoms with Gasteiger partial charge in [0.25, 0.3) is 5.91 Å². The van der Waals surface area contributed by atoms with Crippen LogP contribution in [0.1, 0.15) is 72.7 Å². The van der Waals surface area contributed by atoms with Gasteiger partial charge in [0.15, 0.2) is 5.82 Å². The SMILES string of the molecule is Cc1cccnc1C(=O)N1CCCCC1(C)c1noc(C2CC2)n1. The molecule has 126 valence electrons. The van der Waals surface area contributed by atoms with Crippen molar-refractivity contribution in [2.45, 2.75) is 57.4 Å². The molecule has 3 heterocycles. The van der Waals surface area contributed by atoms with Crippen LogP contribution in [0.15, 0.2) is 22.9 Å². The van der Waals surface area contributed by atoms with Gasteiger partial charge < -0.3 is 9.42 Å². The predicted molar refractivity (Wildman–Crippen MR) is 87.5 cm³/mol. The zero-order valence-corrected chi connectivity index (χ0v) is 14.2. The first-order valence-electron chi connectivity index (χ1n) is 8.67. The lowest BCUT2D eigenvalue weighted by molar-refractivity contribution is 0.0318. The molecule has 1 amide bonds.